The predicted molar refractivity (Wildman–Crippen MR) is 119 cm³/mol. The lowest BCUT2D eigenvalue weighted by atomic mass is 10.1. The molecular formula is C25H29N3O2. The lowest BCUT2D eigenvalue weighted by molar-refractivity contribution is 0.122. The van der Waals surface area contributed by atoms with Gasteiger partial charge in [0.1, 0.15) is 18.1 Å². The van der Waals surface area contributed by atoms with Crippen LogP contribution in [0.3, 0.4) is 0 Å². The van der Waals surface area contributed by atoms with Gasteiger partial charge in [-0.3, -0.25) is 14.8 Å². The smallest absolute Gasteiger partial charge is 0.119 e. The van der Waals surface area contributed by atoms with Crippen LogP contribution >= 0.6 is 0 Å². The highest BCUT2D eigenvalue weighted by Gasteiger charge is 2.17. The number of aromatic nitrogens is 1. The SMILES string of the molecule is COc1ccc(CN2CCN(Cc3ccc(OCc4ccncc4)cc3)CC2)cc1. The fraction of sp³-hybridized carbons (Fsp3) is 0.320. The van der Waals surface area contributed by atoms with Crippen molar-refractivity contribution < 1.29 is 9.47 Å². The highest BCUT2D eigenvalue weighted by atomic mass is 16.5. The van der Waals surface area contributed by atoms with Crippen LogP contribution in [0.25, 0.3) is 0 Å². The summed E-state index contributed by atoms with van der Waals surface area (Å²) in [6.07, 6.45) is 3.58. The molecule has 1 fully saturated rings. The summed E-state index contributed by atoms with van der Waals surface area (Å²) in [6, 6.07) is 20.8. The first-order valence-corrected chi connectivity index (χ1v) is 10.5. The molecule has 156 valence electrons. The maximum absolute atomic E-state index is 5.87. The molecule has 4 rings (SSSR count). The molecule has 3 aromatic rings. The van der Waals surface area contributed by atoms with E-state index in [-0.39, 0.29) is 0 Å². The van der Waals surface area contributed by atoms with E-state index in [2.05, 4.69) is 51.2 Å². The van der Waals surface area contributed by atoms with Crippen molar-refractivity contribution in [2.45, 2.75) is 19.7 Å². The molecule has 1 aliphatic heterocycles. The van der Waals surface area contributed by atoms with E-state index in [1.807, 2.05) is 24.3 Å². The second-order valence-electron chi connectivity index (χ2n) is 7.69. The molecule has 0 bridgehead atoms. The largest absolute Gasteiger partial charge is 0.497 e. The fourth-order valence-electron chi connectivity index (χ4n) is 3.69. The molecule has 5 heteroatoms. The zero-order valence-corrected chi connectivity index (χ0v) is 17.5. The van der Waals surface area contributed by atoms with Gasteiger partial charge in [0.25, 0.3) is 0 Å². The third-order valence-corrected chi connectivity index (χ3v) is 5.51. The summed E-state index contributed by atoms with van der Waals surface area (Å²) in [5, 5.41) is 0. The molecule has 0 atom stereocenters. The topological polar surface area (TPSA) is 37.8 Å². The van der Waals surface area contributed by atoms with E-state index in [0.29, 0.717) is 6.61 Å². The number of hydrogen-bond acceptors (Lipinski definition) is 5. The van der Waals surface area contributed by atoms with Gasteiger partial charge in [-0.05, 0) is 53.1 Å². The Morgan fingerprint density at radius 1 is 0.667 bits per heavy atom. The molecule has 30 heavy (non-hydrogen) atoms. The summed E-state index contributed by atoms with van der Waals surface area (Å²) < 4.78 is 11.1. The highest BCUT2D eigenvalue weighted by Crippen LogP contribution is 2.17. The van der Waals surface area contributed by atoms with E-state index in [9.17, 15) is 0 Å². The zero-order valence-electron chi connectivity index (χ0n) is 17.5. The van der Waals surface area contributed by atoms with Crippen LogP contribution in [-0.4, -0.2) is 48.1 Å². The van der Waals surface area contributed by atoms with Crippen molar-refractivity contribution in [3.8, 4) is 11.5 Å². The Bertz CT molecular complexity index is 890. The maximum atomic E-state index is 5.87. The molecule has 0 unspecified atom stereocenters. The zero-order chi connectivity index (χ0) is 20.6. The van der Waals surface area contributed by atoms with Crippen molar-refractivity contribution >= 4 is 0 Å². The Morgan fingerprint density at radius 2 is 1.17 bits per heavy atom. The molecule has 1 aromatic heterocycles. The van der Waals surface area contributed by atoms with E-state index in [1.54, 1.807) is 19.5 Å². The van der Waals surface area contributed by atoms with Crippen molar-refractivity contribution in [1.29, 1.82) is 0 Å². The summed E-state index contributed by atoms with van der Waals surface area (Å²) >= 11 is 0. The molecule has 5 nitrogen and oxygen atoms in total. The normalized spacial score (nSPS) is 15.1. The van der Waals surface area contributed by atoms with E-state index in [0.717, 1.165) is 56.3 Å². The molecule has 0 saturated carbocycles. The lowest BCUT2D eigenvalue weighted by Crippen LogP contribution is -2.45. The third-order valence-electron chi connectivity index (χ3n) is 5.51. The number of ether oxygens (including phenoxy) is 2. The minimum atomic E-state index is 0.567. The number of piperazine rings is 1. The van der Waals surface area contributed by atoms with Crippen LogP contribution in [0.15, 0.2) is 73.1 Å². The summed E-state index contributed by atoms with van der Waals surface area (Å²) in [4.78, 5) is 9.08. The van der Waals surface area contributed by atoms with Gasteiger partial charge < -0.3 is 9.47 Å². The predicted octanol–water partition coefficient (Wildman–Crippen LogP) is 3.99. The molecule has 0 amide bonds. The molecule has 2 aromatic carbocycles. The van der Waals surface area contributed by atoms with Gasteiger partial charge in [-0.1, -0.05) is 24.3 Å². The van der Waals surface area contributed by atoms with Crippen LogP contribution in [0.4, 0.5) is 0 Å². The van der Waals surface area contributed by atoms with Crippen molar-refractivity contribution in [2.24, 2.45) is 0 Å². The molecule has 0 spiro atoms. The van der Waals surface area contributed by atoms with Gasteiger partial charge in [-0.25, -0.2) is 0 Å². The number of benzene rings is 2. The Morgan fingerprint density at radius 3 is 1.67 bits per heavy atom. The van der Waals surface area contributed by atoms with Gasteiger partial charge >= 0.3 is 0 Å². The summed E-state index contributed by atoms with van der Waals surface area (Å²) in [6.45, 7) is 6.94. The van der Waals surface area contributed by atoms with Crippen LogP contribution < -0.4 is 9.47 Å². The number of rotatable bonds is 8. The summed E-state index contributed by atoms with van der Waals surface area (Å²) in [7, 11) is 1.71. The first-order valence-electron chi connectivity index (χ1n) is 10.5. The molecule has 1 saturated heterocycles. The van der Waals surface area contributed by atoms with Crippen molar-refractivity contribution in [3.05, 3.63) is 89.7 Å². The average Bonchev–Trinajstić information content (AvgIpc) is 2.81. The average molecular weight is 404 g/mol. The summed E-state index contributed by atoms with van der Waals surface area (Å²) in [5.74, 6) is 1.82. The second-order valence-corrected chi connectivity index (χ2v) is 7.69. The first-order chi connectivity index (χ1) is 14.8. The van der Waals surface area contributed by atoms with E-state index in [1.165, 1.54) is 11.1 Å². The van der Waals surface area contributed by atoms with Crippen LogP contribution in [0.1, 0.15) is 16.7 Å². The second kappa shape index (κ2) is 10.2. The van der Waals surface area contributed by atoms with Gasteiger partial charge in [-0.15, -0.1) is 0 Å². The molecule has 1 aliphatic rings. The standard InChI is InChI=1S/C25H29N3O2/c1-29-24-6-2-21(3-7-24)18-27-14-16-28(17-15-27)19-22-4-8-25(9-5-22)30-20-23-10-12-26-13-11-23/h2-13H,14-20H2,1H3. The van der Waals surface area contributed by atoms with Gasteiger partial charge in [-0.2, -0.15) is 0 Å². The van der Waals surface area contributed by atoms with Crippen LogP contribution in [0.2, 0.25) is 0 Å². The van der Waals surface area contributed by atoms with Crippen LogP contribution in [0.5, 0.6) is 11.5 Å². The molecule has 0 aliphatic carbocycles. The molecule has 2 heterocycles. The maximum Gasteiger partial charge on any atom is 0.119 e. The number of pyridine rings is 1. The molecule has 0 N–H and O–H groups in total. The number of nitrogens with zero attached hydrogens (tertiary/aromatic N) is 3. The Kier molecular flexibility index (Phi) is 6.95. The Labute approximate surface area is 178 Å². The number of hydrogen-bond donors (Lipinski definition) is 0. The number of methoxy groups -OCH3 is 1. The van der Waals surface area contributed by atoms with E-state index in [4.69, 9.17) is 9.47 Å². The van der Waals surface area contributed by atoms with E-state index >= 15 is 0 Å². The van der Waals surface area contributed by atoms with Crippen LogP contribution in [-0.2, 0) is 19.7 Å². The van der Waals surface area contributed by atoms with Gasteiger partial charge in [0.15, 0.2) is 0 Å². The third kappa shape index (κ3) is 5.81. The highest BCUT2D eigenvalue weighted by molar-refractivity contribution is 5.28. The minimum Gasteiger partial charge on any atom is -0.497 e. The van der Waals surface area contributed by atoms with Gasteiger partial charge in [0, 0.05) is 51.7 Å². The Balaban J connectivity index is 1.20. The lowest BCUT2D eigenvalue weighted by Gasteiger charge is -2.34. The van der Waals surface area contributed by atoms with Crippen LogP contribution in [0, 0.1) is 0 Å². The first kappa shape index (κ1) is 20.4. The minimum absolute atomic E-state index is 0.567. The van der Waals surface area contributed by atoms with Crippen molar-refractivity contribution in [1.82, 2.24) is 14.8 Å². The Hall–Kier alpha value is -2.89. The fourth-order valence-corrected chi connectivity index (χ4v) is 3.69. The van der Waals surface area contributed by atoms with Crippen molar-refractivity contribution in [2.75, 3.05) is 33.3 Å². The van der Waals surface area contributed by atoms with Gasteiger partial charge in [0.2, 0.25) is 0 Å². The van der Waals surface area contributed by atoms with Crippen molar-refractivity contribution in [3.63, 3.8) is 0 Å². The van der Waals surface area contributed by atoms with Gasteiger partial charge in [0.05, 0.1) is 7.11 Å². The van der Waals surface area contributed by atoms with E-state index < -0.39 is 0 Å². The molecular weight excluding hydrogens is 374 g/mol. The quantitative estimate of drug-likeness (QED) is 0.569. The summed E-state index contributed by atoms with van der Waals surface area (Å²) in [5.41, 5.74) is 3.79. The monoisotopic (exact) mass is 403 g/mol. The molecule has 0 radical (unpaired) electrons.